The summed E-state index contributed by atoms with van der Waals surface area (Å²) in [5, 5.41) is 3.28. The number of hydrogen-bond acceptors (Lipinski definition) is 2. The van der Waals surface area contributed by atoms with E-state index in [9.17, 15) is 14.0 Å². The van der Waals surface area contributed by atoms with Gasteiger partial charge in [-0.1, -0.05) is 66.2 Å². The lowest BCUT2D eigenvalue weighted by atomic mass is 10.0. The second-order valence-corrected chi connectivity index (χ2v) is 7.71. The molecule has 0 bridgehead atoms. The van der Waals surface area contributed by atoms with Gasteiger partial charge in [-0.15, -0.1) is 0 Å². The summed E-state index contributed by atoms with van der Waals surface area (Å²) in [6.07, 6.45) is 0.444. The highest BCUT2D eigenvalue weighted by Crippen LogP contribution is 2.18. The molecule has 1 N–H and O–H groups in total. The summed E-state index contributed by atoms with van der Waals surface area (Å²) in [7, 11) is 1.56. The zero-order chi connectivity index (χ0) is 22.2. The van der Waals surface area contributed by atoms with E-state index in [0.717, 1.165) is 11.1 Å². The molecule has 0 aliphatic carbocycles. The minimum Gasteiger partial charge on any atom is -0.357 e. The first kappa shape index (κ1) is 22.5. The molecule has 3 rings (SSSR count). The highest BCUT2D eigenvalue weighted by molar-refractivity contribution is 6.30. The van der Waals surface area contributed by atoms with Crippen molar-refractivity contribution >= 4 is 23.4 Å². The Kier molecular flexibility index (Phi) is 7.79. The van der Waals surface area contributed by atoms with E-state index in [-0.39, 0.29) is 30.6 Å². The van der Waals surface area contributed by atoms with Crippen molar-refractivity contribution in [1.29, 1.82) is 0 Å². The molecule has 31 heavy (non-hydrogen) atoms. The molecule has 3 aromatic rings. The molecule has 0 radical (unpaired) electrons. The summed E-state index contributed by atoms with van der Waals surface area (Å²) >= 11 is 6.00. The standard InChI is InChI=1S/C25H24ClFN2O2/c1-28-25(31)23(15-18-5-3-2-4-6-18)29(17-20-7-11-21(26)12-8-20)24(30)16-19-9-13-22(27)14-10-19/h2-14,23H,15-17H2,1H3,(H,28,31)/t23-/m0/s1. The quantitative estimate of drug-likeness (QED) is 0.566. The average molecular weight is 439 g/mol. The number of likely N-dealkylation sites (N-methyl/N-ethyl adjacent to an activating group) is 1. The Balaban J connectivity index is 1.92. The highest BCUT2D eigenvalue weighted by Gasteiger charge is 2.29. The van der Waals surface area contributed by atoms with Gasteiger partial charge in [0.05, 0.1) is 6.42 Å². The van der Waals surface area contributed by atoms with Crippen LogP contribution in [0.3, 0.4) is 0 Å². The molecule has 6 heteroatoms. The molecule has 0 fully saturated rings. The van der Waals surface area contributed by atoms with E-state index in [4.69, 9.17) is 11.6 Å². The lowest BCUT2D eigenvalue weighted by Crippen LogP contribution is -2.50. The Morgan fingerprint density at radius 1 is 0.903 bits per heavy atom. The van der Waals surface area contributed by atoms with E-state index in [1.807, 2.05) is 42.5 Å². The molecule has 0 aromatic heterocycles. The van der Waals surface area contributed by atoms with Gasteiger partial charge in [0.2, 0.25) is 11.8 Å². The van der Waals surface area contributed by atoms with Gasteiger partial charge in [-0.2, -0.15) is 0 Å². The third kappa shape index (κ3) is 6.40. The molecule has 1 atom stereocenters. The van der Waals surface area contributed by atoms with E-state index in [0.29, 0.717) is 17.0 Å². The molecular formula is C25H24ClFN2O2. The SMILES string of the molecule is CNC(=O)[C@H](Cc1ccccc1)N(Cc1ccc(Cl)cc1)C(=O)Cc1ccc(F)cc1. The van der Waals surface area contributed by atoms with Crippen LogP contribution in [0.5, 0.6) is 0 Å². The lowest BCUT2D eigenvalue weighted by molar-refractivity contribution is -0.140. The minimum atomic E-state index is -0.698. The lowest BCUT2D eigenvalue weighted by Gasteiger charge is -2.31. The first-order valence-corrected chi connectivity index (χ1v) is 10.4. The van der Waals surface area contributed by atoms with Crippen LogP contribution in [0.4, 0.5) is 4.39 Å². The molecule has 0 unspecified atom stereocenters. The van der Waals surface area contributed by atoms with E-state index in [2.05, 4.69) is 5.32 Å². The number of nitrogens with one attached hydrogen (secondary N) is 1. The largest absolute Gasteiger partial charge is 0.357 e. The number of hydrogen-bond donors (Lipinski definition) is 1. The van der Waals surface area contributed by atoms with E-state index in [1.165, 1.54) is 12.1 Å². The normalized spacial score (nSPS) is 11.6. The summed E-state index contributed by atoms with van der Waals surface area (Å²) in [6.45, 7) is 0.252. The van der Waals surface area contributed by atoms with Gasteiger partial charge in [0.25, 0.3) is 0 Å². The molecule has 160 valence electrons. The highest BCUT2D eigenvalue weighted by atomic mass is 35.5. The first-order valence-electron chi connectivity index (χ1n) is 10.00. The van der Waals surface area contributed by atoms with Crippen LogP contribution in [0, 0.1) is 5.82 Å². The second-order valence-electron chi connectivity index (χ2n) is 7.27. The number of carbonyl (C=O) groups is 2. The Morgan fingerprint density at radius 3 is 2.13 bits per heavy atom. The topological polar surface area (TPSA) is 49.4 Å². The fraction of sp³-hybridized carbons (Fsp3) is 0.200. The van der Waals surface area contributed by atoms with E-state index >= 15 is 0 Å². The minimum absolute atomic E-state index is 0.0656. The smallest absolute Gasteiger partial charge is 0.242 e. The third-order valence-corrected chi connectivity index (χ3v) is 5.30. The molecule has 4 nitrogen and oxygen atoms in total. The predicted molar refractivity (Wildman–Crippen MR) is 120 cm³/mol. The molecule has 0 aliphatic rings. The molecule has 2 amide bonds. The second kappa shape index (κ2) is 10.7. The van der Waals surface area contributed by atoms with Crippen LogP contribution < -0.4 is 5.32 Å². The number of nitrogens with zero attached hydrogens (tertiary/aromatic N) is 1. The van der Waals surface area contributed by atoms with Crippen molar-refractivity contribution in [2.45, 2.75) is 25.4 Å². The van der Waals surface area contributed by atoms with Gasteiger partial charge in [0.15, 0.2) is 0 Å². The summed E-state index contributed by atoms with van der Waals surface area (Å²) < 4.78 is 13.3. The van der Waals surface area contributed by atoms with Gasteiger partial charge in [0, 0.05) is 25.0 Å². The van der Waals surface area contributed by atoms with Crippen molar-refractivity contribution < 1.29 is 14.0 Å². The first-order chi connectivity index (χ1) is 15.0. The molecule has 0 aliphatic heterocycles. The average Bonchev–Trinajstić information content (AvgIpc) is 2.79. The van der Waals surface area contributed by atoms with Crippen molar-refractivity contribution in [1.82, 2.24) is 10.2 Å². The van der Waals surface area contributed by atoms with Crippen LogP contribution in [0.25, 0.3) is 0 Å². The monoisotopic (exact) mass is 438 g/mol. The van der Waals surface area contributed by atoms with Crippen LogP contribution in [0.2, 0.25) is 5.02 Å². The summed E-state index contributed by atoms with van der Waals surface area (Å²) in [4.78, 5) is 27.8. The fourth-order valence-corrected chi connectivity index (χ4v) is 3.51. The third-order valence-electron chi connectivity index (χ3n) is 5.05. The Bertz CT molecular complexity index is 1010. The maximum atomic E-state index is 13.3. The van der Waals surface area contributed by atoms with Crippen molar-refractivity contribution in [2.75, 3.05) is 7.05 Å². The van der Waals surface area contributed by atoms with Crippen LogP contribution in [0.1, 0.15) is 16.7 Å². The molecule has 3 aromatic carbocycles. The fourth-order valence-electron chi connectivity index (χ4n) is 3.39. The van der Waals surface area contributed by atoms with Crippen LogP contribution in [-0.4, -0.2) is 29.8 Å². The summed E-state index contributed by atoms with van der Waals surface area (Å²) in [5.41, 5.74) is 2.49. The molecule has 0 heterocycles. The zero-order valence-electron chi connectivity index (χ0n) is 17.2. The maximum Gasteiger partial charge on any atom is 0.242 e. The number of halogens is 2. The maximum absolute atomic E-state index is 13.3. The number of amides is 2. The van der Waals surface area contributed by atoms with Gasteiger partial charge >= 0.3 is 0 Å². The van der Waals surface area contributed by atoms with E-state index in [1.54, 1.807) is 36.2 Å². The molecular weight excluding hydrogens is 415 g/mol. The number of carbonyl (C=O) groups excluding carboxylic acids is 2. The summed E-state index contributed by atoms with van der Waals surface area (Å²) in [5.74, 6) is -0.821. The van der Waals surface area contributed by atoms with Gasteiger partial charge < -0.3 is 10.2 Å². The Labute approximate surface area is 186 Å². The number of benzene rings is 3. The van der Waals surface area contributed by atoms with Crippen molar-refractivity contribution in [2.24, 2.45) is 0 Å². The molecule has 0 saturated heterocycles. The van der Waals surface area contributed by atoms with Gasteiger partial charge in [-0.3, -0.25) is 9.59 Å². The predicted octanol–water partition coefficient (Wildman–Crippen LogP) is 4.41. The van der Waals surface area contributed by atoms with Crippen molar-refractivity contribution in [3.8, 4) is 0 Å². The molecule has 0 spiro atoms. The Hall–Kier alpha value is -3.18. The van der Waals surface area contributed by atoms with Gasteiger partial charge in [-0.05, 0) is 41.0 Å². The summed E-state index contributed by atoms with van der Waals surface area (Å²) in [6, 6.07) is 21.9. The van der Waals surface area contributed by atoms with Crippen LogP contribution in [0.15, 0.2) is 78.9 Å². The van der Waals surface area contributed by atoms with Gasteiger partial charge in [0.1, 0.15) is 11.9 Å². The van der Waals surface area contributed by atoms with Crippen molar-refractivity contribution in [3.63, 3.8) is 0 Å². The van der Waals surface area contributed by atoms with Crippen LogP contribution in [-0.2, 0) is 29.0 Å². The zero-order valence-corrected chi connectivity index (χ0v) is 18.0. The van der Waals surface area contributed by atoms with Crippen molar-refractivity contribution in [3.05, 3.63) is 106 Å². The number of rotatable bonds is 8. The Morgan fingerprint density at radius 2 is 1.52 bits per heavy atom. The van der Waals surface area contributed by atoms with E-state index < -0.39 is 6.04 Å². The van der Waals surface area contributed by atoms with Crippen LogP contribution >= 0.6 is 11.6 Å². The molecule has 0 saturated carbocycles. The van der Waals surface area contributed by atoms with Gasteiger partial charge in [-0.25, -0.2) is 4.39 Å².